The van der Waals surface area contributed by atoms with E-state index in [0.717, 1.165) is 0 Å². The molecule has 0 aliphatic carbocycles. The summed E-state index contributed by atoms with van der Waals surface area (Å²) in [5, 5.41) is 5.01. The number of ether oxygens (including phenoxy) is 1. The molecule has 4 N–H and O–H groups in total. The molecule has 0 spiro atoms. The van der Waals surface area contributed by atoms with Crippen LogP contribution in [-0.4, -0.2) is 34.6 Å². The summed E-state index contributed by atoms with van der Waals surface area (Å²) in [6.45, 7) is 0.129. The van der Waals surface area contributed by atoms with E-state index in [-0.39, 0.29) is 12.2 Å². The zero-order valence-electron chi connectivity index (χ0n) is 9.65. The van der Waals surface area contributed by atoms with Crippen LogP contribution < -0.4 is 16.3 Å². The Morgan fingerprint density at radius 3 is 2.89 bits per heavy atom. The van der Waals surface area contributed by atoms with Gasteiger partial charge in [-0.05, 0) is 12.1 Å². The largest absolute Gasteiger partial charge is 0.434 e. The zero-order valence-corrected chi connectivity index (χ0v) is 9.65. The first-order valence-corrected chi connectivity index (χ1v) is 5.60. The molecule has 1 aromatic heterocycles. The van der Waals surface area contributed by atoms with Gasteiger partial charge in [0.2, 0.25) is 0 Å². The highest BCUT2D eigenvalue weighted by Crippen LogP contribution is 2.19. The summed E-state index contributed by atoms with van der Waals surface area (Å²) in [7, 11) is 0. The van der Waals surface area contributed by atoms with Crippen molar-refractivity contribution in [3.63, 3.8) is 0 Å². The summed E-state index contributed by atoms with van der Waals surface area (Å²) >= 11 is 0. The van der Waals surface area contributed by atoms with Gasteiger partial charge < -0.3 is 25.3 Å². The second-order valence-electron chi connectivity index (χ2n) is 4.07. The van der Waals surface area contributed by atoms with Gasteiger partial charge in [0.25, 0.3) is 5.91 Å². The fourth-order valence-electron chi connectivity index (χ4n) is 1.91. The van der Waals surface area contributed by atoms with Crippen LogP contribution in [0.15, 0.2) is 23.0 Å². The van der Waals surface area contributed by atoms with Gasteiger partial charge in [-0.15, -0.1) is 0 Å². The molecule has 1 atom stereocenters. The van der Waals surface area contributed by atoms with E-state index in [1.807, 2.05) is 0 Å². The van der Waals surface area contributed by atoms with E-state index in [2.05, 4.69) is 20.6 Å². The van der Waals surface area contributed by atoms with Crippen molar-refractivity contribution in [3.8, 4) is 0 Å². The molecule has 1 saturated heterocycles. The number of aromatic amines is 2. The fraction of sp³-hybridized carbons (Fsp3) is 0.182. The highest BCUT2D eigenvalue weighted by molar-refractivity contribution is 6.02. The maximum Gasteiger partial charge on any atom is 0.408 e. The molecule has 2 amide bonds. The predicted molar refractivity (Wildman–Crippen MR) is 65.8 cm³/mol. The third-order valence-electron chi connectivity index (χ3n) is 2.78. The molecule has 1 aromatic carbocycles. The lowest BCUT2D eigenvalue weighted by Gasteiger charge is -2.09. The Morgan fingerprint density at radius 2 is 2.16 bits per heavy atom. The zero-order chi connectivity index (χ0) is 13.4. The van der Waals surface area contributed by atoms with E-state index in [1.54, 1.807) is 18.2 Å². The monoisotopic (exact) mass is 262 g/mol. The molecule has 98 valence electrons. The Kier molecular flexibility index (Phi) is 2.48. The van der Waals surface area contributed by atoms with Gasteiger partial charge in [-0.3, -0.25) is 4.79 Å². The van der Waals surface area contributed by atoms with Crippen LogP contribution in [-0.2, 0) is 9.53 Å². The van der Waals surface area contributed by atoms with E-state index in [4.69, 9.17) is 4.74 Å². The van der Waals surface area contributed by atoms with Crippen molar-refractivity contribution in [2.45, 2.75) is 6.10 Å². The molecule has 3 rings (SSSR count). The molecule has 1 fully saturated rings. The van der Waals surface area contributed by atoms with E-state index in [0.29, 0.717) is 16.7 Å². The normalized spacial score (nSPS) is 18.1. The minimum absolute atomic E-state index is 0.129. The molecular formula is C11H10N4O4. The van der Waals surface area contributed by atoms with Gasteiger partial charge in [-0.25, -0.2) is 9.59 Å². The van der Waals surface area contributed by atoms with Crippen LogP contribution in [0.2, 0.25) is 0 Å². The van der Waals surface area contributed by atoms with Crippen LogP contribution in [0, 0.1) is 0 Å². The second-order valence-corrected chi connectivity index (χ2v) is 4.07. The summed E-state index contributed by atoms with van der Waals surface area (Å²) in [5.74, 6) is -0.451. The Morgan fingerprint density at radius 1 is 1.32 bits per heavy atom. The lowest BCUT2D eigenvalue weighted by Crippen LogP contribution is -2.30. The summed E-state index contributed by atoms with van der Waals surface area (Å²) in [6, 6.07) is 5.05. The van der Waals surface area contributed by atoms with Crippen molar-refractivity contribution in [1.29, 1.82) is 0 Å². The Hall–Kier alpha value is -2.77. The maximum atomic E-state index is 11.9. The first-order valence-electron chi connectivity index (χ1n) is 5.60. The van der Waals surface area contributed by atoms with Crippen LogP contribution in [0.25, 0.3) is 11.0 Å². The number of cyclic esters (lactones) is 1. The minimum atomic E-state index is -0.867. The fourth-order valence-corrected chi connectivity index (χ4v) is 1.91. The predicted octanol–water partition coefficient (Wildman–Crippen LogP) is -0.0969. The van der Waals surface area contributed by atoms with Crippen LogP contribution >= 0.6 is 0 Å². The number of rotatable bonds is 2. The van der Waals surface area contributed by atoms with Crippen molar-refractivity contribution in [3.05, 3.63) is 28.7 Å². The van der Waals surface area contributed by atoms with Gasteiger partial charge in [0.05, 0.1) is 23.3 Å². The Bertz CT molecular complexity index is 717. The number of imidazole rings is 1. The highest BCUT2D eigenvalue weighted by atomic mass is 16.6. The SMILES string of the molecule is O=C1NC[C@@H](C(=O)Nc2cccc3[nH]c(=O)[nH]c23)O1. The maximum absolute atomic E-state index is 11.9. The average molecular weight is 262 g/mol. The molecule has 0 unspecified atom stereocenters. The number of carbonyl (C=O) groups excluding carboxylic acids is 2. The number of H-pyrrole nitrogens is 2. The number of hydrogen-bond donors (Lipinski definition) is 4. The summed E-state index contributed by atoms with van der Waals surface area (Å²) in [4.78, 5) is 39.1. The Labute approximate surface area is 106 Å². The summed E-state index contributed by atoms with van der Waals surface area (Å²) in [5.41, 5.74) is 1.18. The van der Waals surface area contributed by atoms with E-state index in [9.17, 15) is 14.4 Å². The van der Waals surface area contributed by atoms with Crippen molar-refractivity contribution in [1.82, 2.24) is 15.3 Å². The van der Waals surface area contributed by atoms with Gasteiger partial charge >= 0.3 is 11.8 Å². The average Bonchev–Trinajstić information content (AvgIpc) is 2.95. The minimum Gasteiger partial charge on any atom is -0.434 e. The molecule has 0 bridgehead atoms. The lowest BCUT2D eigenvalue weighted by atomic mass is 10.2. The van der Waals surface area contributed by atoms with Crippen LogP contribution in [0.3, 0.4) is 0 Å². The van der Waals surface area contributed by atoms with E-state index >= 15 is 0 Å². The standard InChI is InChI=1S/C11H10N4O4/c16-9(7-4-12-11(18)19-7)13-5-2-1-3-6-8(5)15-10(17)14-6/h1-3,7H,4H2,(H,12,18)(H,13,16)(H2,14,15,17)/t7-/m0/s1. The molecule has 8 heteroatoms. The topological polar surface area (TPSA) is 116 Å². The number of amides is 2. The Balaban J connectivity index is 1.87. The number of alkyl carbamates (subject to hydrolysis) is 1. The van der Waals surface area contributed by atoms with Gasteiger partial charge in [-0.2, -0.15) is 0 Å². The molecule has 1 aliphatic rings. The van der Waals surface area contributed by atoms with Gasteiger partial charge in [0.15, 0.2) is 6.10 Å². The molecule has 8 nitrogen and oxygen atoms in total. The van der Waals surface area contributed by atoms with Crippen molar-refractivity contribution < 1.29 is 14.3 Å². The first kappa shape index (κ1) is 11.3. The van der Waals surface area contributed by atoms with Crippen LogP contribution in [0.5, 0.6) is 0 Å². The molecule has 2 aromatic rings. The number of para-hydroxylation sites is 1. The number of anilines is 1. The van der Waals surface area contributed by atoms with Gasteiger partial charge in [0.1, 0.15) is 0 Å². The van der Waals surface area contributed by atoms with Crippen molar-refractivity contribution in [2.24, 2.45) is 0 Å². The molecule has 2 heterocycles. The molecule has 1 aliphatic heterocycles. The third kappa shape index (κ3) is 2.03. The molecule has 0 saturated carbocycles. The number of hydrogen-bond acceptors (Lipinski definition) is 4. The molecule has 19 heavy (non-hydrogen) atoms. The van der Waals surface area contributed by atoms with Crippen molar-refractivity contribution >= 4 is 28.7 Å². The summed E-state index contributed by atoms with van der Waals surface area (Å²) < 4.78 is 4.77. The van der Waals surface area contributed by atoms with E-state index < -0.39 is 18.1 Å². The van der Waals surface area contributed by atoms with Gasteiger partial charge in [-0.1, -0.05) is 6.07 Å². The number of fused-ring (bicyclic) bond motifs is 1. The number of carbonyl (C=O) groups is 2. The van der Waals surface area contributed by atoms with E-state index in [1.165, 1.54) is 0 Å². The third-order valence-corrected chi connectivity index (χ3v) is 2.78. The highest BCUT2D eigenvalue weighted by Gasteiger charge is 2.29. The van der Waals surface area contributed by atoms with Crippen molar-refractivity contribution in [2.75, 3.05) is 11.9 Å². The number of aromatic nitrogens is 2. The number of nitrogens with one attached hydrogen (secondary N) is 4. The molecule has 0 radical (unpaired) electrons. The smallest absolute Gasteiger partial charge is 0.408 e. The first-order chi connectivity index (χ1) is 9.13. The quantitative estimate of drug-likeness (QED) is 0.604. The number of benzene rings is 1. The second kappa shape index (κ2) is 4.16. The van der Waals surface area contributed by atoms with Crippen LogP contribution in [0.1, 0.15) is 0 Å². The van der Waals surface area contributed by atoms with Crippen LogP contribution in [0.4, 0.5) is 10.5 Å². The lowest BCUT2D eigenvalue weighted by molar-refractivity contribution is -0.122. The summed E-state index contributed by atoms with van der Waals surface area (Å²) in [6.07, 6.45) is -1.48. The molecular weight excluding hydrogens is 252 g/mol. The van der Waals surface area contributed by atoms with Gasteiger partial charge in [0, 0.05) is 0 Å².